The van der Waals surface area contributed by atoms with E-state index in [1.54, 1.807) is 12.1 Å². The smallest absolute Gasteiger partial charge is 0.297 e. The maximum absolute atomic E-state index is 12.4. The molecule has 0 aromatic heterocycles. The maximum atomic E-state index is 12.4. The minimum absolute atomic E-state index is 0.109. The molecule has 0 aliphatic carbocycles. The minimum atomic E-state index is -4.26. The van der Waals surface area contributed by atoms with E-state index < -0.39 is 11.7 Å². The molecule has 0 radical (unpaired) electrons. The van der Waals surface area contributed by atoms with E-state index in [1.165, 1.54) is 0 Å². The highest BCUT2D eigenvalue weighted by atomic mass is 19.4. The fourth-order valence-corrected chi connectivity index (χ4v) is 1.63. The molecule has 1 atom stereocenters. The number of nitrogens with zero attached hydrogens (tertiary/aromatic N) is 1. The Kier molecular flexibility index (Phi) is 4.20. The zero-order valence-electron chi connectivity index (χ0n) is 10.5. The van der Waals surface area contributed by atoms with Gasteiger partial charge in [-0.25, -0.2) is 0 Å². The Hall–Kier alpha value is -1.03. The molecular formula is C13H18F3N. The van der Waals surface area contributed by atoms with Crippen LogP contribution in [-0.4, -0.2) is 18.0 Å². The molecule has 0 aliphatic rings. The van der Waals surface area contributed by atoms with Crippen molar-refractivity contribution in [2.45, 2.75) is 39.0 Å². The largest absolute Gasteiger partial charge is 0.416 e. The summed E-state index contributed by atoms with van der Waals surface area (Å²) in [5.41, 5.74) is 0.301. The summed E-state index contributed by atoms with van der Waals surface area (Å²) in [7, 11) is 1.97. The van der Waals surface area contributed by atoms with Gasteiger partial charge in [0, 0.05) is 12.1 Å². The van der Waals surface area contributed by atoms with Crippen LogP contribution in [0, 0.1) is 0 Å². The lowest BCUT2D eigenvalue weighted by Gasteiger charge is -2.28. The number of benzene rings is 1. The lowest BCUT2D eigenvalue weighted by molar-refractivity contribution is -0.137. The van der Waals surface area contributed by atoms with Gasteiger partial charge in [-0.1, -0.05) is 12.1 Å². The van der Waals surface area contributed by atoms with Crippen LogP contribution in [0.5, 0.6) is 0 Å². The molecule has 96 valence electrons. The van der Waals surface area contributed by atoms with E-state index in [-0.39, 0.29) is 6.04 Å². The molecule has 0 saturated carbocycles. The van der Waals surface area contributed by atoms with Gasteiger partial charge in [-0.05, 0) is 45.5 Å². The number of alkyl halides is 3. The predicted molar refractivity (Wildman–Crippen MR) is 62.8 cm³/mol. The first kappa shape index (κ1) is 14.0. The van der Waals surface area contributed by atoms with Crippen molar-refractivity contribution in [2.75, 3.05) is 7.05 Å². The Morgan fingerprint density at radius 2 is 1.47 bits per heavy atom. The minimum Gasteiger partial charge on any atom is -0.297 e. The second-order valence-corrected chi connectivity index (χ2v) is 4.55. The first-order chi connectivity index (χ1) is 7.73. The molecule has 0 bridgehead atoms. The summed E-state index contributed by atoms with van der Waals surface area (Å²) < 4.78 is 37.2. The summed E-state index contributed by atoms with van der Waals surface area (Å²) in [5.74, 6) is 0. The van der Waals surface area contributed by atoms with Gasteiger partial charge in [0.15, 0.2) is 0 Å². The summed E-state index contributed by atoms with van der Waals surface area (Å²) in [6.45, 7) is 6.10. The third-order valence-corrected chi connectivity index (χ3v) is 3.15. The van der Waals surface area contributed by atoms with Crippen LogP contribution < -0.4 is 0 Å². The van der Waals surface area contributed by atoms with Crippen LogP contribution in [0.25, 0.3) is 0 Å². The lowest BCUT2D eigenvalue weighted by atomic mass is 10.0. The Morgan fingerprint density at radius 3 is 1.82 bits per heavy atom. The van der Waals surface area contributed by atoms with E-state index >= 15 is 0 Å². The van der Waals surface area contributed by atoms with Crippen LogP contribution in [0.4, 0.5) is 13.2 Å². The van der Waals surface area contributed by atoms with Crippen LogP contribution in [0.1, 0.15) is 37.9 Å². The molecule has 1 unspecified atom stereocenters. The fraction of sp³-hybridized carbons (Fsp3) is 0.538. The van der Waals surface area contributed by atoms with Crippen LogP contribution >= 0.6 is 0 Å². The van der Waals surface area contributed by atoms with Crippen LogP contribution in [0.2, 0.25) is 0 Å². The Labute approximate surface area is 100 Å². The fourth-order valence-electron chi connectivity index (χ4n) is 1.63. The van der Waals surface area contributed by atoms with Crippen molar-refractivity contribution in [1.82, 2.24) is 4.90 Å². The number of halogens is 3. The molecule has 0 aliphatic heterocycles. The van der Waals surface area contributed by atoms with Crippen molar-refractivity contribution < 1.29 is 13.2 Å². The second-order valence-electron chi connectivity index (χ2n) is 4.55. The summed E-state index contributed by atoms with van der Waals surface area (Å²) in [6.07, 6.45) is -4.26. The standard InChI is InChI=1S/C13H18F3N/c1-9(2)17(4)10(3)11-5-7-12(8-6-11)13(14,15)16/h5-10H,1-4H3. The van der Waals surface area contributed by atoms with Crippen LogP contribution in [0.3, 0.4) is 0 Å². The second kappa shape index (κ2) is 5.08. The van der Waals surface area contributed by atoms with Gasteiger partial charge in [-0.3, -0.25) is 4.90 Å². The molecule has 1 nitrogen and oxygen atoms in total. The van der Waals surface area contributed by atoms with Gasteiger partial charge in [-0.15, -0.1) is 0 Å². The highest BCUT2D eigenvalue weighted by Crippen LogP contribution is 2.30. The van der Waals surface area contributed by atoms with E-state index in [0.717, 1.165) is 17.7 Å². The monoisotopic (exact) mass is 245 g/mol. The highest BCUT2D eigenvalue weighted by molar-refractivity contribution is 5.26. The lowest BCUT2D eigenvalue weighted by Crippen LogP contribution is -2.29. The maximum Gasteiger partial charge on any atom is 0.416 e. The molecule has 0 amide bonds. The molecule has 0 fully saturated rings. The molecule has 4 heteroatoms. The topological polar surface area (TPSA) is 3.24 Å². The molecular weight excluding hydrogens is 227 g/mol. The summed E-state index contributed by atoms with van der Waals surface area (Å²) >= 11 is 0. The van der Waals surface area contributed by atoms with Crippen LogP contribution in [0.15, 0.2) is 24.3 Å². The van der Waals surface area contributed by atoms with Crippen molar-refractivity contribution >= 4 is 0 Å². The first-order valence-corrected chi connectivity index (χ1v) is 5.62. The van der Waals surface area contributed by atoms with Crippen molar-refractivity contribution in [3.05, 3.63) is 35.4 Å². The molecule has 17 heavy (non-hydrogen) atoms. The Bertz CT molecular complexity index is 354. The quantitative estimate of drug-likeness (QED) is 0.774. The third kappa shape index (κ3) is 3.46. The van der Waals surface area contributed by atoms with E-state index in [9.17, 15) is 13.2 Å². The van der Waals surface area contributed by atoms with Crippen molar-refractivity contribution in [3.8, 4) is 0 Å². The zero-order chi connectivity index (χ0) is 13.2. The molecule has 0 spiro atoms. The van der Waals surface area contributed by atoms with Gasteiger partial charge in [0.1, 0.15) is 0 Å². The van der Waals surface area contributed by atoms with Gasteiger partial charge >= 0.3 is 6.18 Å². The van der Waals surface area contributed by atoms with Gasteiger partial charge < -0.3 is 0 Å². The molecule has 0 N–H and O–H groups in total. The number of rotatable bonds is 3. The SMILES string of the molecule is CC(C)N(C)C(C)c1ccc(C(F)(F)F)cc1. The predicted octanol–water partition coefficient (Wildman–Crippen LogP) is 4.11. The normalized spacial score (nSPS) is 14.4. The average Bonchev–Trinajstić information content (AvgIpc) is 2.26. The van der Waals surface area contributed by atoms with E-state index in [2.05, 4.69) is 18.7 Å². The first-order valence-electron chi connectivity index (χ1n) is 5.62. The average molecular weight is 245 g/mol. The summed E-state index contributed by atoms with van der Waals surface area (Å²) in [5, 5.41) is 0. The van der Waals surface area contributed by atoms with Gasteiger partial charge in [0.05, 0.1) is 5.56 Å². The van der Waals surface area contributed by atoms with Crippen molar-refractivity contribution in [1.29, 1.82) is 0 Å². The number of hydrogen-bond donors (Lipinski definition) is 0. The molecule has 1 aromatic carbocycles. The molecule has 0 heterocycles. The van der Waals surface area contributed by atoms with Crippen molar-refractivity contribution in [2.24, 2.45) is 0 Å². The van der Waals surface area contributed by atoms with E-state index in [1.807, 2.05) is 14.0 Å². The van der Waals surface area contributed by atoms with Gasteiger partial charge in [0.2, 0.25) is 0 Å². The zero-order valence-corrected chi connectivity index (χ0v) is 10.5. The summed E-state index contributed by atoms with van der Waals surface area (Å²) in [6, 6.07) is 5.84. The molecule has 1 rings (SSSR count). The number of hydrogen-bond acceptors (Lipinski definition) is 1. The van der Waals surface area contributed by atoms with Gasteiger partial charge in [0.25, 0.3) is 0 Å². The Balaban J connectivity index is 2.88. The van der Waals surface area contributed by atoms with Crippen molar-refractivity contribution in [3.63, 3.8) is 0 Å². The Morgan fingerprint density at radius 1 is 1.00 bits per heavy atom. The van der Waals surface area contributed by atoms with E-state index in [4.69, 9.17) is 0 Å². The van der Waals surface area contributed by atoms with Crippen LogP contribution in [-0.2, 0) is 6.18 Å². The van der Waals surface area contributed by atoms with Gasteiger partial charge in [-0.2, -0.15) is 13.2 Å². The highest BCUT2D eigenvalue weighted by Gasteiger charge is 2.30. The third-order valence-electron chi connectivity index (χ3n) is 3.15. The van der Waals surface area contributed by atoms with E-state index in [0.29, 0.717) is 6.04 Å². The summed E-state index contributed by atoms with van der Waals surface area (Å²) in [4.78, 5) is 2.11. The molecule has 0 saturated heterocycles. The molecule has 1 aromatic rings.